The molecule has 0 aliphatic heterocycles. The standard InChI is InChI=1S/C13H16F2N2O2/c1-3-4-9-5-6-10(7-8(9)2)17-12(19)13(14,15)11(16)18/h3-4,10H,1-2,5-7H2,(H2,16,18)(H,17,19)/b9-4-. The summed E-state index contributed by atoms with van der Waals surface area (Å²) in [6, 6.07) is -0.466. The van der Waals surface area contributed by atoms with E-state index in [-0.39, 0.29) is 0 Å². The van der Waals surface area contributed by atoms with Gasteiger partial charge in [0.05, 0.1) is 0 Å². The third kappa shape index (κ3) is 3.49. The highest BCUT2D eigenvalue weighted by Gasteiger charge is 2.46. The normalized spacial score (nSPS) is 22.1. The molecule has 0 aromatic heterocycles. The molecule has 1 aliphatic carbocycles. The van der Waals surface area contributed by atoms with Crippen molar-refractivity contribution in [1.82, 2.24) is 5.32 Å². The molecule has 0 aromatic carbocycles. The molecule has 1 aliphatic rings. The molecular weight excluding hydrogens is 254 g/mol. The quantitative estimate of drug-likeness (QED) is 0.759. The number of allylic oxidation sites excluding steroid dienone is 3. The molecule has 19 heavy (non-hydrogen) atoms. The number of amides is 2. The van der Waals surface area contributed by atoms with Crippen molar-refractivity contribution in [1.29, 1.82) is 0 Å². The number of rotatable bonds is 4. The predicted molar refractivity (Wildman–Crippen MR) is 67.3 cm³/mol. The van der Waals surface area contributed by atoms with Gasteiger partial charge < -0.3 is 11.1 Å². The summed E-state index contributed by atoms with van der Waals surface area (Å²) in [6.07, 6.45) is 4.90. The Labute approximate surface area is 110 Å². The smallest absolute Gasteiger partial charge is 0.364 e. The van der Waals surface area contributed by atoms with Crippen molar-refractivity contribution in [2.24, 2.45) is 5.73 Å². The van der Waals surface area contributed by atoms with Crippen molar-refractivity contribution in [2.75, 3.05) is 0 Å². The summed E-state index contributed by atoms with van der Waals surface area (Å²) in [4.78, 5) is 21.7. The molecule has 1 unspecified atom stereocenters. The molecule has 1 saturated carbocycles. The molecule has 0 aromatic rings. The van der Waals surface area contributed by atoms with Gasteiger partial charge in [0.15, 0.2) is 0 Å². The van der Waals surface area contributed by atoms with Crippen LogP contribution in [0.2, 0.25) is 0 Å². The van der Waals surface area contributed by atoms with Gasteiger partial charge >= 0.3 is 11.8 Å². The largest absolute Gasteiger partial charge is 0.400 e. The van der Waals surface area contributed by atoms with Gasteiger partial charge in [-0.15, -0.1) is 0 Å². The average Bonchev–Trinajstić information content (AvgIpc) is 2.32. The second-order valence-electron chi connectivity index (χ2n) is 4.38. The molecule has 2 amide bonds. The second kappa shape index (κ2) is 5.77. The first-order chi connectivity index (χ1) is 8.78. The van der Waals surface area contributed by atoms with Gasteiger partial charge in [0.2, 0.25) is 0 Å². The number of halogens is 2. The van der Waals surface area contributed by atoms with Crippen LogP contribution in [0.5, 0.6) is 0 Å². The zero-order valence-electron chi connectivity index (χ0n) is 10.4. The van der Waals surface area contributed by atoms with Crippen molar-refractivity contribution in [2.45, 2.75) is 31.2 Å². The van der Waals surface area contributed by atoms with E-state index < -0.39 is 23.8 Å². The van der Waals surface area contributed by atoms with Crippen LogP contribution in [0.1, 0.15) is 19.3 Å². The van der Waals surface area contributed by atoms with Gasteiger partial charge in [0.1, 0.15) is 0 Å². The first kappa shape index (κ1) is 15.1. The molecular formula is C13H16F2N2O2. The molecule has 0 radical (unpaired) electrons. The van der Waals surface area contributed by atoms with Gasteiger partial charge in [-0.3, -0.25) is 9.59 Å². The number of nitrogens with two attached hydrogens (primary N) is 1. The van der Waals surface area contributed by atoms with Crippen molar-refractivity contribution >= 4 is 11.8 Å². The summed E-state index contributed by atoms with van der Waals surface area (Å²) in [6.45, 7) is 7.39. The average molecular weight is 270 g/mol. The van der Waals surface area contributed by atoms with Crippen LogP contribution in [0.3, 0.4) is 0 Å². The minimum Gasteiger partial charge on any atom is -0.364 e. The van der Waals surface area contributed by atoms with Crippen LogP contribution in [-0.2, 0) is 9.59 Å². The Morgan fingerprint density at radius 3 is 2.58 bits per heavy atom. The predicted octanol–water partition coefficient (Wildman–Crippen LogP) is 1.44. The lowest BCUT2D eigenvalue weighted by Gasteiger charge is -2.27. The summed E-state index contributed by atoms with van der Waals surface area (Å²) >= 11 is 0. The van der Waals surface area contributed by atoms with E-state index in [4.69, 9.17) is 0 Å². The van der Waals surface area contributed by atoms with Crippen LogP contribution in [0.15, 0.2) is 36.5 Å². The summed E-state index contributed by atoms with van der Waals surface area (Å²) in [5.41, 5.74) is 6.23. The van der Waals surface area contributed by atoms with Crippen LogP contribution < -0.4 is 11.1 Å². The van der Waals surface area contributed by atoms with E-state index in [0.717, 1.165) is 11.1 Å². The van der Waals surface area contributed by atoms with Crippen molar-refractivity contribution < 1.29 is 18.4 Å². The molecule has 4 nitrogen and oxygen atoms in total. The van der Waals surface area contributed by atoms with Gasteiger partial charge in [-0.1, -0.05) is 25.3 Å². The number of hydrogen-bond donors (Lipinski definition) is 2. The molecule has 1 fully saturated rings. The summed E-state index contributed by atoms with van der Waals surface area (Å²) in [5.74, 6) is -7.79. The third-order valence-electron chi connectivity index (χ3n) is 2.96. The number of carbonyl (C=O) groups excluding carboxylic acids is 2. The zero-order chi connectivity index (χ0) is 14.6. The van der Waals surface area contributed by atoms with E-state index in [2.05, 4.69) is 24.2 Å². The molecule has 104 valence electrons. The summed E-state index contributed by atoms with van der Waals surface area (Å²) < 4.78 is 26.1. The maximum absolute atomic E-state index is 13.1. The molecule has 1 atom stereocenters. The van der Waals surface area contributed by atoms with Crippen LogP contribution in [0.25, 0.3) is 0 Å². The van der Waals surface area contributed by atoms with Crippen molar-refractivity contribution in [3.63, 3.8) is 0 Å². The molecule has 0 heterocycles. The van der Waals surface area contributed by atoms with E-state index in [1.54, 1.807) is 12.2 Å². The van der Waals surface area contributed by atoms with Crippen molar-refractivity contribution in [3.8, 4) is 0 Å². The molecule has 3 N–H and O–H groups in total. The van der Waals surface area contributed by atoms with Gasteiger partial charge in [-0.2, -0.15) is 8.78 Å². The van der Waals surface area contributed by atoms with E-state index in [0.29, 0.717) is 19.3 Å². The lowest BCUT2D eigenvalue weighted by molar-refractivity contribution is -0.158. The summed E-state index contributed by atoms with van der Waals surface area (Å²) in [7, 11) is 0. The highest BCUT2D eigenvalue weighted by Crippen LogP contribution is 2.28. The molecule has 0 spiro atoms. The third-order valence-corrected chi connectivity index (χ3v) is 2.96. The topological polar surface area (TPSA) is 72.2 Å². The zero-order valence-corrected chi connectivity index (χ0v) is 10.4. The van der Waals surface area contributed by atoms with Gasteiger partial charge in [-0.05, 0) is 30.4 Å². The van der Waals surface area contributed by atoms with Gasteiger partial charge in [0, 0.05) is 6.04 Å². The van der Waals surface area contributed by atoms with Gasteiger partial charge in [0.25, 0.3) is 5.91 Å². The lowest BCUT2D eigenvalue weighted by Crippen LogP contribution is -2.52. The maximum atomic E-state index is 13.1. The van der Waals surface area contributed by atoms with Crippen LogP contribution in [0.4, 0.5) is 8.78 Å². The Kier molecular flexibility index (Phi) is 4.58. The second-order valence-corrected chi connectivity index (χ2v) is 4.38. The fraction of sp³-hybridized carbons (Fsp3) is 0.385. The Hall–Kier alpha value is -1.98. The number of hydrogen-bond acceptors (Lipinski definition) is 2. The van der Waals surface area contributed by atoms with E-state index in [1.165, 1.54) is 0 Å². The first-order valence-corrected chi connectivity index (χ1v) is 5.77. The van der Waals surface area contributed by atoms with Crippen molar-refractivity contribution in [3.05, 3.63) is 36.5 Å². The Morgan fingerprint density at radius 1 is 1.47 bits per heavy atom. The number of primary amides is 1. The Balaban J connectivity index is 2.65. The SMILES string of the molecule is C=C/C=C1/CCC(NC(=O)C(F)(F)C(N)=O)CC1=C. The minimum absolute atomic E-state index is 0.361. The van der Waals surface area contributed by atoms with Crippen LogP contribution in [-0.4, -0.2) is 23.8 Å². The van der Waals surface area contributed by atoms with E-state index in [1.807, 2.05) is 0 Å². The number of nitrogens with one attached hydrogen (secondary N) is 1. The van der Waals surface area contributed by atoms with Crippen LogP contribution >= 0.6 is 0 Å². The summed E-state index contributed by atoms with van der Waals surface area (Å²) in [5, 5.41) is 2.13. The monoisotopic (exact) mass is 270 g/mol. The van der Waals surface area contributed by atoms with Crippen LogP contribution in [0, 0.1) is 0 Å². The Bertz CT molecular complexity index is 456. The maximum Gasteiger partial charge on any atom is 0.400 e. The molecule has 6 heteroatoms. The molecule has 1 rings (SSSR count). The minimum atomic E-state index is -4.18. The fourth-order valence-corrected chi connectivity index (χ4v) is 1.89. The molecule has 0 bridgehead atoms. The highest BCUT2D eigenvalue weighted by atomic mass is 19.3. The van der Waals surface area contributed by atoms with E-state index in [9.17, 15) is 18.4 Å². The first-order valence-electron chi connectivity index (χ1n) is 5.77. The Morgan fingerprint density at radius 2 is 2.11 bits per heavy atom. The number of carbonyl (C=O) groups is 2. The highest BCUT2D eigenvalue weighted by molar-refractivity contribution is 6.05. The number of alkyl halides is 2. The fourth-order valence-electron chi connectivity index (χ4n) is 1.89. The van der Waals surface area contributed by atoms with E-state index >= 15 is 0 Å². The lowest BCUT2D eigenvalue weighted by atomic mass is 9.86. The molecule has 0 saturated heterocycles. The van der Waals surface area contributed by atoms with Gasteiger partial charge in [-0.25, -0.2) is 0 Å².